The third-order valence-electron chi connectivity index (χ3n) is 4.91. The number of carbonyl (C=O) groups excluding carboxylic acids is 1. The van der Waals surface area contributed by atoms with Crippen LogP contribution in [0, 0.1) is 0 Å². The fraction of sp³-hybridized carbons (Fsp3) is 0.0870. The zero-order chi connectivity index (χ0) is 22.2. The van der Waals surface area contributed by atoms with E-state index in [1.807, 2.05) is 6.07 Å². The Kier molecular flexibility index (Phi) is 5.79. The van der Waals surface area contributed by atoms with Crippen LogP contribution in [0.25, 0.3) is 5.57 Å². The highest BCUT2D eigenvalue weighted by atomic mass is 35.5. The van der Waals surface area contributed by atoms with Gasteiger partial charge in [0, 0.05) is 33.4 Å². The number of halogens is 2. The third kappa shape index (κ3) is 3.94. The van der Waals surface area contributed by atoms with E-state index in [1.165, 1.54) is 4.31 Å². The molecule has 5 nitrogen and oxygen atoms in total. The van der Waals surface area contributed by atoms with Crippen LogP contribution in [0.15, 0.2) is 77.7 Å². The molecule has 3 aromatic rings. The Bertz CT molecular complexity index is 1310. The Morgan fingerprint density at radius 1 is 0.935 bits per heavy atom. The van der Waals surface area contributed by atoms with Crippen LogP contribution in [0.1, 0.15) is 18.1 Å². The van der Waals surface area contributed by atoms with Crippen molar-refractivity contribution in [3.8, 4) is 0 Å². The molecule has 8 heteroatoms. The summed E-state index contributed by atoms with van der Waals surface area (Å²) >= 11 is 12.3. The van der Waals surface area contributed by atoms with Crippen molar-refractivity contribution in [3.05, 3.63) is 98.9 Å². The third-order valence-corrected chi connectivity index (χ3v) is 7.32. The molecule has 0 fully saturated rings. The molecule has 0 spiro atoms. The van der Waals surface area contributed by atoms with E-state index in [9.17, 15) is 13.2 Å². The van der Waals surface area contributed by atoms with Crippen molar-refractivity contribution in [1.29, 1.82) is 0 Å². The van der Waals surface area contributed by atoms with Crippen LogP contribution in [-0.4, -0.2) is 20.9 Å². The quantitative estimate of drug-likeness (QED) is 0.540. The van der Waals surface area contributed by atoms with Crippen molar-refractivity contribution in [2.24, 2.45) is 0 Å². The number of hydrogen-bond acceptors (Lipinski definition) is 3. The number of nitrogens with zero attached hydrogens (tertiary/aromatic N) is 1. The SMILES string of the molecule is CCN1c2ccc(Cl)cc2C(c2ccccc2)=C(C(=O)Nc2cccc(Cl)c2)S1(=O)=O. The zero-order valence-electron chi connectivity index (χ0n) is 16.5. The summed E-state index contributed by atoms with van der Waals surface area (Å²) in [5.41, 5.74) is 2.35. The fourth-order valence-corrected chi connectivity index (χ4v) is 5.75. The molecule has 1 heterocycles. The average molecular weight is 473 g/mol. The molecule has 0 unspecified atom stereocenters. The summed E-state index contributed by atoms with van der Waals surface area (Å²) in [7, 11) is -4.14. The largest absolute Gasteiger partial charge is 0.321 e. The summed E-state index contributed by atoms with van der Waals surface area (Å²) in [4.78, 5) is 13.0. The molecule has 0 saturated heterocycles. The maximum atomic E-state index is 13.6. The predicted molar refractivity (Wildman–Crippen MR) is 126 cm³/mol. The van der Waals surface area contributed by atoms with Crippen LogP contribution in [0.4, 0.5) is 11.4 Å². The summed E-state index contributed by atoms with van der Waals surface area (Å²) < 4.78 is 28.5. The smallest absolute Gasteiger partial charge is 0.270 e. The van der Waals surface area contributed by atoms with Crippen molar-refractivity contribution in [2.45, 2.75) is 6.92 Å². The van der Waals surface area contributed by atoms with Gasteiger partial charge < -0.3 is 5.32 Å². The molecule has 4 rings (SSSR count). The van der Waals surface area contributed by atoms with Gasteiger partial charge in [-0.15, -0.1) is 0 Å². The highest BCUT2D eigenvalue weighted by molar-refractivity contribution is 7.97. The minimum absolute atomic E-state index is 0.160. The van der Waals surface area contributed by atoms with E-state index in [1.54, 1.807) is 73.7 Å². The average Bonchev–Trinajstić information content (AvgIpc) is 2.73. The van der Waals surface area contributed by atoms with Gasteiger partial charge in [-0.25, -0.2) is 8.42 Å². The molecule has 3 aromatic carbocycles. The van der Waals surface area contributed by atoms with Gasteiger partial charge in [-0.2, -0.15) is 0 Å². The van der Waals surface area contributed by atoms with Crippen LogP contribution in [0.3, 0.4) is 0 Å². The lowest BCUT2D eigenvalue weighted by Gasteiger charge is -2.33. The standard InChI is InChI=1S/C23H18Cl2N2O3S/c1-2-27-20-12-11-17(25)14-19(20)21(15-7-4-3-5-8-15)22(31(27,29)30)23(28)26-18-10-6-9-16(24)13-18/h3-14H,2H2,1H3,(H,26,28). The van der Waals surface area contributed by atoms with Gasteiger partial charge in [-0.1, -0.05) is 59.6 Å². The Balaban J connectivity index is 2.01. The van der Waals surface area contributed by atoms with Gasteiger partial charge in [0.15, 0.2) is 4.91 Å². The molecule has 0 saturated carbocycles. The summed E-state index contributed by atoms with van der Waals surface area (Å²) in [6.07, 6.45) is 0. The maximum absolute atomic E-state index is 13.6. The number of fused-ring (bicyclic) bond motifs is 1. The van der Waals surface area contributed by atoms with E-state index in [-0.39, 0.29) is 11.4 Å². The number of anilines is 2. The molecule has 1 aliphatic rings. The minimum Gasteiger partial charge on any atom is -0.321 e. The lowest BCUT2D eigenvalue weighted by Crippen LogP contribution is -2.39. The summed E-state index contributed by atoms with van der Waals surface area (Å²) in [6, 6.07) is 20.5. The molecular weight excluding hydrogens is 455 g/mol. The molecule has 0 aliphatic carbocycles. The van der Waals surface area contributed by atoms with E-state index < -0.39 is 15.9 Å². The first-order chi connectivity index (χ1) is 14.8. The lowest BCUT2D eigenvalue weighted by molar-refractivity contribution is -0.112. The predicted octanol–water partition coefficient (Wildman–Crippen LogP) is 5.56. The molecule has 1 aliphatic heterocycles. The molecule has 0 bridgehead atoms. The van der Waals surface area contributed by atoms with Gasteiger partial charge >= 0.3 is 0 Å². The summed E-state index contributed by atoms with van der Waals surface area (Å²) in [5, 5.41) is 3.54. The summed E-state index contributed by atoms with van der Waals surface area (Å²) in [6.45, 7) is 1.88. The molecule has 0 aromatic heterocycles. The normalized spacial score (nSPS) is 14.9. The van der Waals surface area contributed by atoms with Crippen molar-refractivity contribution < 1.29 is 13.2 Å². The van der Waals surface area contributed by atoms with Crippen molar-refractivity contribution in [2.75, 3.05) is 16.2 Å². The van der Waals surface area contributed by atoms with E-state index in [4.69, 9.17) is 23.2 Å². The minimum atomic E-state index is -4.14. The van der Waals surface area contributed by atoms with Gasteiger partial charge in [0.1, 0.15) is 0 Å². The molecule has 1 amide bonds. The number of sulfonamides is 1. The van der Waals surface area contributed by atoms with Gasteiger partial charge in [0.25, 0.3) is 15.9 Å². The van der Waals surface area contributed by atoms with Crippen molar-refractivity contribution in [3.63, 3.8) is 0 Å². The summed E-state index contributed by atoms with van der Waals surface area (Å²) in [5.74, 6) is -0.745. The number of benzene rings is 3. The molecule has 158 valence electrons. The first kappa shape index (κ1) is 21.4. The van der Waals surface area contributed by atoms with Crippen LogP contribution < -0.4 is 9.62 Å². The Morgan fingerprint density at radius 3 is 2.32 bits per heavy atom. The van der Waals surface area contributed by atoms with Crippen LogP contribution in [-0.2, 0) is 14.8 Å². The van der Waals surface area contributed by atoms with Crippen LogP contribution in [0.5, 0.6) is 0 Å². The fourth-order valence-electron chi connectivity index (χ4n) is 3.63. The van der Waals surface area contributed by atoms with E-state index in [2.05, 4.69) is 5.32 Å². The van der Waals surface area contributed by atoms with E-state index in [0.29, 0.717) is 38.1 Å². The Labute approximate surface area is 191 Å². The lowest BCUT2D eigenvalue weighted by atomic mass is 9.95. The molecule has 31 heavy (non-hydrogen) atoms. The second kappa shape index (κ2) is 8.38. The van der Waals surface area contributed by atoms with Gasteiger partial charge in [-0.05, 0) is 48.9 Å². The molecular formula is C23H18Cl2N2O3S. The number of rotatable bonds is 4. The molecule has 0 atom stereocenters. The number of amides is 1. The first-order valence-corrected chi connectivity index (χ1v) is 11.7. The molecule has 0 radical (unpaired) electrons. The van der Waals surface area contributed by atoms with Crippen molar-refractivity contribution in [1.82, 2.24) is 0 Å². The second-order valence-electron chi connectivity index (χ2n) is 6.87. The highest BCUT2D eigenvalue weighted by Gasteiger charge is 2.40. The molecule has 1 N–H and O–H groups in total. The maximum Gasteiger partial charge on any atom is 0.270 e. The first-order valence-electron chi connectivity index (χ1n) is 9.52. The van der Waals surface area contributed by atoms with Crippen LogP contribution in [0.2, 0.25) is 10.0 Å². The van der Waals surface area contributed by atoms with E-state index >= 15 is 0 Å². The van der Waals surface area contributed by atoms with Gasteiger partial charge in [0.2, 0.25) is 0 Å². The van der Waals surface area contributed by atoms with Crippen molar-refractivity contribution >= 4 is 56.1 Å². The monoisotopic (exact) mass is 472 g/mol. The van der Waals surface area contributed by atoms with Gasteiger partial charge in [0.05, 0.1) is 5.69 Å². The highest BCUT2D eigenvalue weighted by Crippen LogP contribution is 2.44. The van der Waals surface area contributed by atoms with E-state index in [0.717, 1.165) is 0 Å². The second-order valence-corrected chi connectivity index (χ2v) is 9.54. The Morgan fingerprint density at radius 2 is 1.65 bits per heavy atom. The van der Waals surface area contributed by atoms with Crippen LogP contribution >= 0.6 is 23.2 Å². The van der Waals surface area contributed by atoms with Gasteiger partial charge in [-0.3, -0.25) is 9.10 Å². The number of carbonyl (C=O) groups is 1. The topological polar surface area (TPSA) is 66.5 Å². The number of nitrogens with one attached hydrogen (secondary N) is 1. The zero-order valence-corrected chi connectivity index (χ0v) is 18.8. The number of hydrogen-bond donors (Lipinski definition) is 1. The Hall–Kier alpha value is -2.80.